The molecule has 0 heterocycles. The summed E-state index contributed by atoms with van der Waals surface area (Å²) in [5, 5.41) is 11.8. The average molecular weight is 264 g/mol. The second-order valence-electron chi connectivity index (χ2n) is 4.71. The third-order valence-corrected chi connectivity index (χ3v) is 3.15. The summed E-state index contributed by atoms with van der Waals surface area (Å²) in [7, 11) is 1.59. The molecule has 5 nitrogen and oxygen atoms in total. The Balaban J connectivity index is 1.88. The van der Waals surface area contributed by atoms with Crippen LogP contribution in [-0.4, -0.2) is 48.8 Å². The molecule has 1 fully saturated rings. The molecule has 1 amide bonds. The number of ether oxygens (including phenoxy) is 1. The Kier molecular flexibility index (Phi) is 4.76. The van der Waals surface area contributed by atoms with Crippen LogP contribution in [0.5, 0.6) is 5.75 Å². The maximum Gasteiger partial charge on any atom is 0.238 e. The van der Waals surface area contributed by atoms with E-state index in [2.05, 4.69) is 5.32 Å². The van der Waals surface area contributed by atoms with Crippen LogP contribution in [0.3, 0.4) is 0 Å². The lowest BCUT2D eigenvalue weighted by Crippen LogP contribution is -2.36. The normalized spacial score (nSPS) is 14.5. The van der Waals surface area contributed by atoms with E-state index in [1.807, 2.05) is 23.1 Å². The molecule has 1 aliphatic carbocycles. The molecule has 0 unspecified atom stereocenters. The summed E-state index contributed by atoms with van der Waals surface area (Å²) in [6.45, 7) is 0.960. The van der Waals surface area contributed by atoms with Crippen LogP contribution >= 0.6 is 0 Å². The topological polar surface area (TPSA) is 61.8 Å². The van der Waals surface area contributed by atoms with Gasteiger partial charge in [0.1, 0.15) is 5.75 Å². The molecule has 104 valence electrons. The Morgan fingerprint density at radius 3 is 2.95 bits per heavy atom. The van der Waals surface area contributed by atoms with Crippen LogP contribution in [0.4, 0.5) is 5.69 Å². The van der Waals surface area contributed by atoms with E-state index in [4.69, 9.17) is 9.84 Å². The Morgan fingerprint density at radius 1 is 1.53 bits per heavy atom. The van der Waals surface area contributed by atoms with Gasteiger partial charge in [-0.2, -0.15) is 0 Å². The van der Waals surface area contributed by atoms with Gasteiger partial charge in [0.15, 0.2) is 0 Å². The van der Waals surface area contributed by atoms with E-state index in [0.29, 0.717) is 24.9 Å². The second kappa shape index (κ2) is 6.54. The summed E-state index contributed by atoms with van der Waals surface area (Å²) in [5.41, 5.74) is 0.726. The smallest absolute Gasteiger partial charge is 0.238 e. The van der Waals surface area contributed by atoms with Gasteiger partial charge in [0, 0.05) is 24.3 Å². The summed E-state index contributed by atoms with van der Waals surface area (Å²) in [5.74, 6) is 0.654. The highest BCUT2D eigenvalue weighted by molar-refractivity contribution is 5.92. The summed E-state index contributed by atoms with van der Waals surface area (Å²) < 4.78 is 5.11. The Morgan fingerprint density at radius 2 is 2.32 bits per heavy atom. The number of nitrogens with one attached hydrogen (secondary N) is 1. The molecular formula is C14H20N2O3. The van der Waals surface area contributed by atoms with Gasteiger partial charge in [-0.3, -0.25) is 9.69 Å². The molecule has 0 aliphatic heterocycles. The number of nitrogens with zero attached hydrogens (tertiary/aromatic N) is 1. The van der Waals surface area contributed by atoms with E-state index in [1.165, 1.54) is 0 Å². The first-order valence-corrected chi connectivity index (χ1v) is 6.51. The van der Waals surface area contributed by atoms with E-state index in [0.717, 1.165) is 18.5 Å². The monoisotopic (exact) mass is 264 g/mol. The molecule has 19 heavy (non-hydrogen) atoms. The molecule has 2 N–H and O–H groups in total. The first-order chi connectivity index (χ1) is 9.22. The second-order valence-corrected chi connectivity index (χ2v) is 4.71. The number of carbonyl (C=O) groups excluding carboxylic acids is 1. The largest absolute Gasteiger partial charge is 0.497 e. The van der Waals surface area contributed by atoms with Crippen LogP contribution < -0.4 is 10.1 Å². The summed E-state index contributed by atoms with van der Waals surface area (Å²) >= 11 is 0. The van der Waals surface area contributed by atoms with Crippen LogP contribution in [-0.2, 0) is 4.79 Å². The van der Waals surface area contributed by atoms with Crippen molar-refractivity contribution in [2.45, 2.75) is 18.9 Å². The Hall–Kier alpha value is -1.59. The highest BCUT2D eigenvalue weighted by Gasteiger charge is 2.29. The molecular weight excluding hydrogens is 244 g/mol. The number of hydrogen-bond donors (Lipinski definition) is 2. The summed E-state index contributed by atoms with van der Waals surface area (Å²) in [6.07, 6.45) is 2.23. The van der Waals surface area contributed by atoms with Crippen LogP contribution in [0, 0.1) is 0 Å². The number of carbonyl (C=O) groups is 1. The van der Waals surface area contributed by atoms with Gasteiger partial charge in [0.05, 0.1) is 20.3 Å². The molecule has 0 spiro atoms. The third-order valence-electron chi connectivity index (χ3n) is 3.15. The van der Waals surface area contributed by atoms with Crippen LogP contribution in [0.15, 0.2) is 24.3 Å². The number of aliphatic hydroxyl groups is 1. The molecule has 1 saturated carbocycles. The van der Waals surface area contributed by atoms with Crippen LogP contribution in [0.25, 0.3) is 0 Å². The van der Waals surface area contributed by atoms with Crippen molar-refractivity contribution >= 4 is 11.6 Å². The Labute approximate surface area is 113 Å². The number of rotatable bonds is 7. The lowest BCUT2D eigenvalue weighted by atomic mass is 10.3. The number of anilines is 1. The minimum atomic E-state index is -0.0615. The predicted octanol–water partition coefficient (Wildman–Crippen LogP) is 1.09. The highest BCUT2D eigenvalue weighted by atomic mass is 16.5. The maximum absolute atomic E-state index is 12.0. The van der Waals surface area contributed by atoms with Crippen molar-refractivity contribution in [3.8, 4) is 5.75 Å². The first kappa shape index (κ1) is 13.8. The number of benzene rings is 1. The fraction of sp³-hybridized carbons (Fsp3) is 0.500. The van der Waals surface area contributed by atoms with E-state index in [1.54, 1.807) is 13.2 Å². The fourth-order valence-corrected chi connectivity index (χ4v) is 2.04. The minimum absolute atomic E-state index is 0.0615. The number of aliphatic hydroxyl groups excluding tert-OH is 1. The van der Waals surface area contributed by atoms with Gasteiger partial charge in [0.2, 0.25) is 5.91 Å². The molecule has 0 bridgehead atoms. The van der Waals surface area contributed by atoms with Gasteiger partial charge < -0.3 is 15.2 Å². The van der Waals surface area contributed by atoms with E-state index >= 15 is 0 Å². The van der Waals surface area contributed by atoms with E-state index in [9.17, 15) is 4.79 Å². The van der Waals surface area contributed by atoms with E-state index < -0.39 is 0 Å². The van der Waals surface area contributed by atoms with Crippen LogP contribution in [0.1, 0.15) is 12.8 Å². The van der Waals surface area contributed by atoms with E-state index in [-0.39, 0.29) is 12.5 Å². The van der Waals surface area contributed by atoms with Crippen LogP contribution in [0.2, 0.25) is 0 Å². The zero-order chi connectivity index (χ0) is 13.7. The van der Waals surface area contributed by atoms with Gasteiger partial charge in [-0.05, 0) is 25.0 Å². The number of hydrogen-bond acceptors (Lipinski definition) is 4. The van der Waals surface area contributed by atoms with Crippen molar-refractivity contribution in [3.05, 3.63) is 24.3 Å². The first-order valence-electron chi connectivity index (χ1n) is 6.51. The van der Waals surface area contributed by atoms with Crippen molar-refractivity contribution in [3.63, 3.8) is 0 Å². The van der Waals surface area contributed by atoms with Gasteiger partial charge in [-0.1, -0.05) is 6.07 Å². The van der Waals surface area contributed by atoms with Gasteiger partial charge in [-0.25, -0.2) is 0 Å². The lowest BCUT2D eigenvalue weighted by Gasteiger charge is -2.20. The number of methoxy groups -OCH3 is 1. The predicted molar refractivity (Wildman–Crippen MR) is 73.3 cm³/mol. The van der Waals surface area contributed by atoms with Crippen molar-refractivity contribution in [2.24, 2.45) is 0 Å². The molecule has 0 saturated heterocycles. The third kappa shape index (κ3) is 4.22. The zero-order valence-corrected chi connectivity index (χ0v) is 11.1. The zero-order valence-electron chi connectivity index (χ0n) is 11.1. The summed E-state index contributed by atoms with van der Waals surface area (Å²) in [6, 6.07) is 7.74. The maximum atomic E-state index is 12.0. The molecule has 0 atom stereocenters. The highest BCUT2D eigenvalue weighted by Crippen LogP contribution is 2.26. The molecule has 0 radical (unpaired) electrons. The molecule has 1 aliphatic rings. The summed E-state index contributed by atoms with van der Waals surface area (Å²) in [4.78, 5) is 14.0. The molecule has 0 aromatic heterocycles. The average Bonchev–Trinajstić information content (AvgIpc) is 3.22. The SMILES string of the molecule is COc1cccc(NC(=O)CN(CCO)C2CC2)c1. The molecule has 5 heteroatoms. The van der Waals surface area contributed by atoms with Crippen molar-refractivity contribution in [2.75, 3.05) is 32.1 Å². The minimum Gasteiger partial charge on any atom is -0.497 e. The fourth-order valence-electron chi connectivity index (χ4n) is 2.04. The van der Waals surface area contributed by atoms with Gasteiger partial charge >= 0.3 is 0 Å². The molecule has 2 rings (SSSR count). The van der Waals surface area contributed by atoms with Gasteiger partial charge in [0.25, 0.3) is 0 Å². The standard InChI is InChI=1S/C14H20N2O3/c1-19-13-4-2-3-11(9-13)15-14(18)10-16(7-8-17)12-5-6-12/h2-4,9,12,17H,5-8,10H2,1H3,(H,15,18). The number of amides is 1. The van der Waals surface area contributed by atoms with Crippen molar-refractivity contribution < 1.29 is 14.6 Å². The Bertz CT molecular complexity index is 432. The van der Waals surface area contributed by atoms with Crippen molar-refractivity contribution in [1.82, 2.24) is 4.90 Å². The van der Waals surface area contributed by atoms with Crippen molar-refractivity contribution in [1.29, 1.82) is 0 Å². The molecule has 1 aromatic carbocycles. The van der Waals surface area contributed by atoms with Gasteiger partial charge in [-0.15, -0.1) is 0 Å². The quantitative estimate of drug-likeness (QED) is 0.774. The molecule has 1 aromatic rings. The lowest BCUT2D eigenvalue weighted by molar-refractivity contribution is -0.117.